The number of nitrogens with one attached hydrogen (secondary N) is 1. The lowest BCUT2D eigenvalue weighted by atomic mass is 10.1. The van der Waals surface area contributed by atoms with Crippen LogP contribution in [0.3, 0.4) is 0 Å². The second kappa shape index (κ2) is 8.89. The molecule has 1 amide bonds. The number of benzene rings is 2. The van der Waals surface area contributed by atoms with Crippen molar-refractivity contribution in [3.05, 3.63) is 62.7 Å². The number of carbonyl (C=O) groups is 1. The first-order valence-electron chi connectivity index (χ1n) is 9.06. The van der Waals surface area contributed by atoms with Gasteiger partial charge in [-0.25, -0.2) is 8.42 Å². The number of hydrogen-bond donors (Lipinski definition) is 1. The van der Waals surface area contributed by atoms with Crippen LogP contribution in [0.25, 0.3) is 0 Å². The standard InChI is InChI=1S/C20H24IN3O3S/c1-15-12-18(21)6-7-19(15)22-20(25)17-5-3-4-16(13-17)14-23-8-10-24(11-9-23)28(2,26)27/h3-7,12-13H,8-11,14H2,1-2H3,(H,22,25). The summed E-state index contributed by atoms with van der Waals surface area (Å²) in [6.45, 7) is 5.05. The first kappa shape index (κ1) is 21.2. The molecule has 1 fully saturated rings. The fraction of sp³-hybridized carbons (Fsp3) is 0.350. The first-order chi connectivity index (χ1) is 13.2. The van der Waals surface area contributed by atoms with E-state index in [1.807, 2.05) is 49.4 Å². The summed E-state index contributed by atoms with van der Waals surface area (Å²) in [6, 6.07) is 13.5. The number of rotatable bonds is 5. The zero-order valence-electron chi connectivity index (χ0n) is 16.0. The Kier molecular flexibility index (Phi) is 6.74. The van der Waals surface area contributed by atoms with Crippen molar-refractivity contribution in [1.82, 2.24) is 9.21 Å². The van der Waals surface area contributed by atoms with Gasteiger partial charge in [-0.3, -0.25) is 9.69 Å². The second-order valence-electron chi connectivity index (χ2n) is 7.05. The van der Waals surface area contributed by atoms with Gasteiger partial charge < -0.3 is 5.32 Å². The molecule has 28 heavy (non-hydrogen) atoms. The van der Waals surface area contributed by atoms with Crippen molar-refractivity contribution in [3.8, 4) is 0 Å². The summed E-state index contributed by atoms with van der Waals surface area (Å²) >= 11 is 2.25. The van der Waals surface area contributed by atoms with Crippen LogP contribution in [0, 0.1) is 10.5 Å². The van der Waals surface area contributed by atoms with E-state index in [-0.39, 0.29) is 5.91 Å². The van der Waals surface area contributed by atoms with E-state index in [1.165, 1.54) is 10.6 Å². The lowest BCUT2D eigenvalue weighted by molar-refractivity contribution is 0.102. The summed E-state index contributed by atoms with van der Waals surface area (Å²) in [4.78, 5) is 14.9. The van der Waals surface area contributed by atoms with Gasteiger partial charge in [0, 0.05) is 47.5 Å². The van der Waals surface area contributed by atoms with E-state index in [0.717, 1.165) is 20.4 Å². The molecule has 6 nitrogen and oxygen atoms in total. The van der Waals surface area contributed by atoms with Gasteiger partial charge >= 0.3 is 0 Å². The minimum Gasteiger partial charge on any atom is -0.322 e. The van der Waals surface area contributed by atoms with Crippen LogP contribution in [-0.2, 0) is 16.6 Å². The molecular weight excluding hydrogens is 489 g/mol. The van der Waals surface area contributed by atoms with Crippen LogP contribution in [0.4, 0.5) is 5.69 Å². The summed E-state index contributed by atoms with van der Waals surface area (Å²) < 4.78 is 25.9. The highest BCUT2D eigenvalue weighted by Gasteiger charge is 2.23. The zero-order chi connectivity index (χ0) is 20.3. The highest BCUT2D eigenvalue weighted by atomic mass is 127. The van der Waals surface area contributed by atoms with Gasteiger partial charge in [0.05, 0.1) is 6.26 Å². The Morgan fingerprint density at radius 1 is 1.11 bits per heavy atom. The van der Waals surface area contributed by atoms with Gasteiger partial charge in [0.2, 0.25) is 10.0 Å². The molecule has 0 atom stereocenters. The topological polar surface area (TPSA) is 69.7 Å². The summed E-state index contributed by atoms with van der Waals surface area (Å²) in [5.41, 5.74) is 3.50. The molecule has 0 aromatic heterocycles. The molecule has 1 aliphatic rings. The van der Waals surface area contributed by atoms with Crippen LogP contribution in [0.2, 0.25) is 0 Å². The lowest BCUT2D eigenvalue weighted by Gasteiger charge is -2.33. The predicted octanol–water partition coefficient (Wildman–Crippen LogP) is 2.93. The number of sulfonamides is 1. The molecular formula is C20H24IN3O3S. The van der Waals surface area contributed by atoms with E-state index < -0.39 is 10.0 Å². The number of anilines is 1. The Hall–Kier alpha value is -1.49. The normalized spacial score (nSPS) is 16.1. The molecule has 2 aromatic rings. The predicted molar refractivity (Wildman–Crippen MR) is 120 cm³/mol. The van der Waals surface area contributed by atoms with E-state index in [1.54, 1.807) is 0 Å². The Morgan fingerprint density at radius 2 is 1.82 bits per heavy atom. The van der Waals surface area contributed by atoms with E-state index in [2.05, 4.69) is 32.8 Å². The molecule has 0 bridgehead atoms. The lowest BCUT2D eigenvalue weighted by Crippen LogP contribution is -2.47. The quantitative estimate of drug-likeness (QED) is 0.625. The number of amides is 1. The van der Waals surface area contributed by atoms with Crippen molar-refractivity contribution in [3.63, 3.8) is 0 Å². The van der Waals surface area contributed by atoms with E-state index in [4.69, 9.17) is 0 Å². The SMILES string of the molecule is Cc1cc(I)ccc1NC(=O)c1cccc(CN2CCN(S(C)(=O)=O)CC2)c1. The Labute approximate surface area is 180 Å². The third-order valence-corrected chi connectivity index (χ3v) is 6.81. The zero-order valence-corrected chi connectivity index (χ0v) is 19.0. The Balaban J connectivity index is 1.63. The van der Waals surface area contributed by atoms with E-state index in [9.17, 15) is 13.2 Å². The van der Waals surface area contributed by atoms with Crippen molar-refractivity contribution >= 4 is 44.2 Å². The molecule has 0 unspecified atom stereocenters. The van der Waals surface area contributed by atoms with Crippen molar-refractivity contribution < 1.29 is 13.2 Å². The third-order valence-electron chi connectivity index (χ3n) is 4.83. The maximum Gasteiger partial charge on any atom is 0.255 e. The average Bonchev–Trinajstić information content (AvgIpc) is 2.64. The van der Waals surface area contributed by atoms with E-state index >= 15 is 0 Å². The fourth-order valence-corrected chi connectivity index (χ4v) is 4.72. The van der Waals surface area contributed by atoms with Gasteiger partial charge in [0.15, 0.2) is 0 Å². The number of carbonyl (C=O) groups excluding carboxylic acids is 1. The maximum absolute atomic E-state index is 12.6. The van der Waals surface area contributed by atoms with E-state index in [0.29, 0.717) is 38.3 Å². The van der Waals surface area contributed by atoms with Crippen molar-refractivity contribution in [2.24, 2.45) is 0 Å². The number of aryl methyl sites for hydroxylation is 1. The Morgan fingerprint density at radius 3 is 2.46 bits per heavy atom. The summed E-state index contributed by atoms with van der Waals surface area (Å²) in [5.74, 6) is -0.131. The first-order valence-corrected chi connectivity index (χ1v) is 12.0. The molecule has 1 aliphatic heterocycles. The second-order valence-corrected chi connectivity index (χ2v) is 10.3. The largest absolute Gasteiger partial charge is 0.322 e. The maximum atomic E-state index is 12.6. The molecule has 8 heteroatoms. The molecule has 2 aromatic carbocycles. The van der Waals surface area contributed by atoms with Gasteiger partial charge in [-0.2, -0.15) is 4.31 Å². The molecule has 150 valence electrons. The minimum atomic E-state index is -3.12. The molecule has 0 radical (unpaired) electrons. The van der Waals surface area contributed by atoms with Crippen molar-refractivity contribution in [2.75, 3.05) is 37.8 Å². The van der Waals surface area contributed by atoms with Crippen LogP contribution >= 0.6 is 22.6 Å². The van der Waals surface area contributed by atoms with Crippen LogP contribution in [-0.4, -0.2) is 56.0 Å². The highest BCUT2D eigenvalue weighted by Crippen LogP contribution is 2.19. The summed E-state index contributed by atoms with van der Waals surface area (Å²) in [6.07, 6.45) is 1.25. The van der Waals surface area contributed by atoms with Crippen LogP contribution in [0.1, 0.15) is 21.5 Å². The van der Waals surface area contributed by atoms with Crippen LogP contribution < -0.4 is 5.32 Å². The fourth-order valence-electron chi connectivity index (χ4n) is 3.25. The molecule has 0 saturated carbocycles. The number of piperazine rings is 1. The third kappa shape index (κ3) is 5.53. The molecule has 1 heterocycles. The van der Waals surface area contributed by atoms with Crippen molar-refractivity contribution in [1.29, 1.82) is 0 Å². The van der Waals surface area contributed by atoms with Gasteiger partial charge in [-0.05, 0) is 71.0 Å². The smallest absolute Gasteiger partial charge is 0.255 e. The molecule has 1 N–H and O–H groups in total. The number of halogens is 1. The highest BCUT2D eigenvalue weighted by molar-refractivity contribution is 14.1. The molecule has 3 rings (SSSR count). The van der Waals surface area contributed by atoms with Gasteiger partial charge in [0.1, 0.15) is 0 Å². The Bertz CT molecular complexity index is 970. The molecule has 0 aliphatic carbocycles. The summed E-state index contributed by atoms with van der Waals surface area (Å²) in [5, 5.41) is 2.98. The van der Waals surface area contributed by atoms with Crippen LogP contribution in [0.15, 0.2) is 42.5 Å². The number of hydrogen-bond acceptors (Lipinski definition) is 4. The van der Waals surface area contributed by atoms with Gasteiger partial charge in [0.25, 0.3) is 5.91 Å². The molecule has 1 saturated heterocycles. The average molecular weight is 513 g/mol. The summed E-state index contributed by atoms with van der Waals surface area (Å²) in [7, 11) is -3.12. The number of nitrogens with zero attached hydrogens (tertiary/aromatic N) is 2. The monoisotopic (exact) mass is 513 g/mol. The molecule has 0 spiro atoms. The van der Waals surface area contributed by atoms with Crippen LogP contribution in [0.5, 0.6) is 0 Å². The van der Waals surface area contributed by atoms with Gasteiger partial charge in [-0.15, -0.1) is 0 Å². The van der Waals surface area contributed by atoms with Gasteiger partial charge in [-0.1, -0.05) is 12.1 Å². The minimum absolute atomic E-state index is 0.131. The van der Waals surface area contributed by atoms with Crippen molar-refractivity contribution in [2.45, 2.75) is 13.5 Å².